The molecule has 1 aromatic carbocycles. The summed E-state index contributed by atoms with van der Waals surface area (Å²) in [5.74, 6) is 0.763. The van der Waals surface area contributed by atoms with Gasteiger partial charge in [-0.15, -0.1) is 0 Å². The van der Waals surface area contributed by atoms with Crippen LogP contribution < -0.4 is 5.32 Å². The zero-order chi connectivity index (χ0) is 18.9. The number of benzene rings is 1. The molecule has 0 unspecified atom stereocenters. The predicted molar refractivity (Wildman–Crippen MR) is 107 cm³/mol. The van der Waals surface area contributed by atoms with Crippen molar-refractivity contribution >= 4 is 34.9 Å². The normalized spacial score (nSPS) is 15.9. The van der Waals surface area contributed by atoms with Crippen LogP contribution in [0.5, 0.6) is 0 Å². The predicted octanol–water partition coefficient (Wildman–Crippen LogP) is 6.00. The number of aromatic nitrogens is 2. The minimum Gasteiger partial charge on any atom is -0.310 e. The van der Waals surface area contributed by atoms with E-state index in [1.165, 1.54) is 6.42 Å². The Morgan fingerprint density at radius 3 is 2.50 bits per heavy atom. The lowest BCUT2D eigenvalue weighted by atomic mass is 9.88. The number of nitrogens with one attached hydrogen (secondary N) is 1. The first-order valence-corrected chi connectivity index (χ1v) is 9.88. The van der Waals surface area contributed by atoms with Gasteiger partial charge >= 0.3 is 0 Å². The Labute approximate surface area is 164 Å². The van der Waals surface area contributed by atoms with Gasteiger partial charge in [-0.25, -0.2) is 4.68 Å². The van der Waals surface area contributed by atoms with Gasteiger partial charge in [0.15, 0.2) is 0 Å². The highest BCUT2D eigenvalue weighted by Crippen LogP contribution is 2.32. The summed E-state index contributed by atoms with van der Waals surface area (Å²) >= 11 is 12.5. The molecule has 0 saturated heterocycles. The average Bonchev–Trinajstić information content (AvgIpc) is 3.02. The lowest BCUT2D eigenvalue weighted by Crippen LogP contribution is -2.25. The molecule has 1 fully saturated rings. The second-order valence-corrected chi connectivity index (χ2v) is 8.84. The Bertz CT molecular complexity index is 802. The van der Waals surface area contributed by atoms with E-state index in [0.717, 1.165) is 31.4 Å². The third-order valence-corrected chi connectivity index (χ3v) is 5.40. The molecule has 0 spiro atoms. The number of halogens is 2. The molecule has 2 aromatic rings. The molecule has 0 bridgehead atoms. The second-order valence-electron chi connectivity index (χ2n) is 8.00. The number of anilines is 1. The van der Waals surface area contributed by atoms with Crippen molar-refractivity contribution in [1.82, 2.24) is 9.78 Å². The van der Waals surface area contributed by atoms with Crippen LogP contribution in [0.25, 0.3) is 5.69 Å². The van der Waals surface area contributed by atoms with Gasteiger partial charge in [0.25, 0.3) is 0 Å². The fraction of sp³-hybridized carbons (Fsp3) is 0.500. The Morgan fingerprint density at radius 2 is 1.85 bits per heavy atom. The van der Waals surface area contributed by atoms with Crippen LogP contribution >= 0.6 is 23.2 Å². The number of hydrogen-bond acceptors (Lipinski definition) is 2. The highest BCUT2D eigenvalue weighted by atomic mass is 35.5. The van der Waals surface area contributed by atoms with Gasteiger partial charge in [0, 0.05) is 22.4 Å². The van der Waals surface area contributed by atoms with Gasteiger partial charge in [-0.05, 0) is 31.0 Å². The fourth-order valence-electron chi connectivity index (χ4n) is 3.26. The fourth-order valence-corrected chi connectivity index (χ4v) is 3.63. The lowest BCUT2D eigenvalue weighted by molar-refractivity contribution is -0.120. The molecule has 0 aliphatic heterocycles. The van der Waals surface area contributed by atoms with Crippen LogP contribution in [-0.4, -0.2) is 15.7 Å². The topological polar surface area (TPSA) is 46.9 Å². The third-order valence-electron chi connectivity index (χ3n) is 4.84. The summed E-state index contributed by atoms with van der Waals surface area (Å²) in [7, 11) is 0. The van der Waals surface area contributed by atoms with Crippen LogP contribution in [0.4, 0.5) is 5.82 Å². The van der Waals surface area contributed by atoms with Crippen molar-refractivity contribution in [3.63, 3.8) is 0 Å². The highest BCUT2D eigenvalue weighted by molar-refractivity contribution is 6.34. The first-order chi connectivity index (χ1) is 12.3. The molecular weight excluding hydrogens is 369 g/mol. The first-order valence-electron chi connectivity index (χ1n) is 9.12. The minimum absolute atomic E-state index is 0.0597. The van der Waals surface area contributed by atoms with Gasteiger partial charge in [-0.1, -0.05) is 63.2 Å². The van der Waals surface area contributed by atoms with Gasteiger partial charge in [-0.3, -0.25) is 4.79 Å². The molecule has 1 aliphatic rings. The Kier molecular flexibility index (Phi) is 5.64. The second kappa shape index (κ2) is 7.61. The minimum atomic E-state index is -0.152. The van der Waals surface area contributed by atoms with E-state index in [1.807, 2.05) is 6.07 Å². The molecule has 26 heavy (non-hydrogen) atoms. The van der Waals surface area contributed by atoms with Crippen molar-refractivity contribution in [2.45, 2.75) is 58.3 Å². The smallest absolute Gasteiger partial charge is 0.228 e. The molecule has 4 nitrogen and oxygen atoms in total. The number of carbonyl (C=O) groups is 1. The number of amides is 1. The number of nitrogens with zero attached hydrogens (tertiary/aromatic N) is 2. The first kappa shape index (κ1) is 19.2. The molecule has 0 radical (unpaired) electrons. The molecule has 0 atom stereocenters. The maximum atomic E-state index is 12.8. The largest absolute Gasteiger partial charge is 0.310 e. The van der Waals surface area contributed by atoms with Crippen molar-refractivity contribution in [2.24, 2.45) is 5.92 Å². The van der Waals surface area contributed by atoms with Gasteiger partial charge in [0.05, 0.1) is 16.4 Å². The summed E-state index contributed by atoms with van der Waals surface area (Å²) in [5, 5.41) is 8.89. The number of carbonyl (C=O) groups excluding carboxylic acids is 1. The van der Waals surface area contributed by atoms with E-state index in [4.69, 9.17) is 28.3 Å². The monoisotopic (exact) mass is 393 g/mol. The van der Waals surface area contributed by atoms with Crippen LogP contribution in [0.15, 0.2) is 24.3 Å². The zero-order valence-electron chi connectivity index (χ0n) is 15.5. The zero-order valence-corrected chi connectivity index (χ0v) is 17.0. The molecule has 1 aromatic heterocycles. The molecule has 1 saturated carbocycles. The number of hydrogen-bond donors (Lipinski definition) is 1. The average molecular weight is 394 g/mol. The third kappa shape index (κ3) is 4.24. The van der Waals surface area contributed by atoms with Crippen LogP contribution in [0, 0.1) is 5.92 Å². The van der Waals surface area contributed by atoms with E-state index in [9.17, 15) is 4.79 Å². The summed E-state index contributed by atoms with van der Waals surface area (Å²) in [6.45, 7) is 6.27. The lowest BCUT2D eigenvalue weighted by Gasteiger charge is -2.21. The molecule has 1 N–H and O–H groups in total. The van der Waals surface area contributed by atoms with E-state index in [1.54, 1.807) is 22.9 Å². The molecule has 140 valence electrons. The van der Waals surface area contributed by atoms with Crippen molar-refractivity contribution in [1.29, 1.82) is 0 Å². The highest BCUT2D eigenvalue weighted by Gasteiger charge is 2.25. The van der Waals surface area contributed by atoms with Gasteiger partial charge in [-0.2, -0.15) is 5.10 Å². The standard InChI is InChI=1S/C20H25Cl2N3O/c1-20(2,3)17-12-18(23-19(26)13-7-5-4-6-8-13)25(24-17)16-11-14(21)9-10-15(16)22/h9-13H,4-8H2,1-3H3,(H,23,26). The molecule has 1 amide bonds. The van der Waals surface area contributed by atoms with Gasteiger partial charge in [0.1, 0.15) is 5.82 Å². The van der Waals surface area contributed by atoms with Crippen molar-refractivity contribution in [3.05, 3.63) is 40.0 Å². The molecule has 3 rings (SSSR count). The van der Waals surface area contributed by atoms with E-state index < -0.39 is 0 Å². The van der Waals surface area contributed by atoms with Crippen molar-refractivity contribution in [3.8, 4) is 5.69 Å². The van der Waals surface area contributed by atoms with E-state index in [0.29, 0.717) is 21.6 Å². The quantitative estimate of drug-likeness (QED) is 0.695. The summed E-state index contributed by atoms with van der Waals surface area (Å²) in [6.07, 6.45) is 5.34. The summed E-state index contributed by atoms with van der Waals surface area (Å²) in [5.41, 5.74) is 1.39. The van der Waals surface area contributed by atoms with Crippen molar-refractivity contribution < 1.29 is 4.79 Å². The van der Waals surface area contributed by atoms with E-state index >= 15 is 0 Å². The number of rotatable bonds is 3. The molecule has 6 heteroatoms. The Hall–Kier alpha value is -1.52. The SMILES string of the molecule is CC(C)(C)c1cc(NC(=O)C2CCCCC2)n(-c2cc(Cl)ccc2Cl)n1. The molecular formula is C20H25Cl2N3O. The van der Waals surface area contributed by atoms with Crippen LogP contribution in [0.3, 0.4) is 0 Å². The van der Waals surface area contributed by atoms with Gasteiger partial charge in [0.2, 0.25) is 5.91 Å². The summed E-state index contributed by atoms with van der Waals surface area (Å²) in [4.78, 5) is 12.8. The molecule has 1 heterocycles. The molecule has 1 aliphatic carbocycles. The van der Waals surface area contributed by atoms with Crippen LogP contribution in [-0.2, 0) is 10.2 Å². The van der Waals surface area contributed by atoms with Crippen molar-refractivity contribution in [2.75, 3.05) is 5.32 Å². The van der Waals surface area contributed by atoms with Crippen LogP contribution in [0.2, 0.25) is 10.0 Å². The van der Waals surface area contributed by atoms with Gasteiger partial charge < -0.3 is 5.32 Å². The van der Waals surface area contributed by atoms with E-state index in [2.05, 4.69) is 26.1 Å². The Morgan fingerprint density at radius 1 is 1.15 bits per heavy atom. The maximum absolute atomic E-state index is 12.8. The maximum Gasteiger partial charge on any atom is 0.228 e. The summed E-state index contributed by atoms with van der Waals surface area (Å²) < 4.78 is 1.69. The van der Waals surface area contributed by atoms with Crippen LogP contribution in [0.1, 0.15) is 58.6 Å². The summed E-state index contributed by atoms with van der Waals surface area (Å²) in [6, 6.07) is 7.17. The Balaban J connectivity index is 1.98. The van der Waals surface area contributed by atoms with E-state index in [-0.39, 0.29) is 17.2 Å².